The minimum absolute atomic E-state index is 0.0212. The summed E-state index contributed by atoms with van der Waals surface area (Å²) in [6.07, 6.45) is 1.74. The van der Waals surface area contributed by atoms with Crippen molar-refractivity contribution >= 4 is 16.8 Å². The van der Waals surface area contributed by atoms with Gasteiger partial charge in [0.05, 0.1) is 5.52 Å². The number of nitrogens with zero attached hydrogens (tertiary/aromatic N) is 1. The third kappa shape index (κ3) is 2.92. The van der Waals surface area contributed by atoms with Gasteiger partial charge in [-0.25, -0.2) is 5.43 Å². The maximum absolute atomic E-state index is 11.2. The minimum Gasteiger partial charge on any atom is -0.484 e. The summed E-state index contributed by atoms with van der Waals surface area (Å²) in [7, 11) is 1.62. The number of carbonyl (C=O) groups excluding carboxylic acids is 1. The lowest BCUT2D eigenvalue weighted by Crippen LogP contribution is -2.37. The second-order valence-corrected chi connectivity index (χ2v) is 3.44. The first-order valence-corrected chi connectivity index (χ1v) is 5.23. The molecule has 0 spiro atoms. The van der Waals surface area contributed by atoms with Crippen LogP contribution in [0, 0.1) is 0 Å². The molecule has 0 atom stereocenters. The van der Waals surface area contributed by atoms with Crippen molar-refractivity contribution in [1.29, 1.82) is 0 Å². The molecule has 0 aliphatic carbocycles. The highest BCUT2D eigenvalue weighted by Crippen LogP contribution is 2.18. The molecule has 2 rings (SSSR count). The second-order valence-electron chi connectivity index (χ2n) is 3.44. The molecule has 0 bridgehead atoms. The highest BCUT2D eigenvalue weighted by Gasteiger charge is 2.02. The Kier molecular flexibility index (Phi) is 3.52. The van der Waals surface area contributed by atoms with E-state index in [4.69, 9.17) is 4.74 Å². The van der Waals surface area contributed by atoms with Gasteiger partial charge in [-0.2, -0.15) is 0 Å². The van der Waals surface area contributed by atoms with Crippen LogP contribution in [0.5, 0.6) is 5.75 Å². The van der Waals surface area contributed by atoms with Gasteiger partial charge < -0.3 is 4.74 Å². The van der Waals surface area contributed by atoms with Crippen molar-refractivity contribution in [3.63, 3.8) is 0 Å². The number of hydrogen-bond acceptors (Lipinski definition) is 4. The maximum Gasteiger partial charge on any atom is 0.271 e. The molecule has 0 fully saturated rings. The summed E-state index contributed by atoms with van der Waals surface area (Å²) in [4.78, 5) is 15.4. The zero-order valence-electron chi connectivity index (χ0n) is 9.43. The van der Waals surface area contributed by atoms with E-state index in [0.29, 0.717) is 5.75 Å². The molecule has 1 aromatic heterocycles. The molecule has 0 saturated heterocycles. The number of aromatic nitrogens is 1. The summed E-state index contributed by atoms with van der Waals surface area (Å²) >= 11 is 0. The lowest BCUT2D eigenvalue weighted by molar-refractivity contribution is -0.123. The highest BCUT2D eigenvalue weighted by atomic mass is 16.5. The Balaban J connectivity index is 2.06. The van der Waals surface area contributed by atoms with E-state index in [1.54, 1.807) is 19.3 Å². The average molecular weight is 231 g/mol. The van der Waals surface area contributed by atoms with Crippen molar-refractivity contribution in [3.05, 3.63) is 36.5 Å². The lowest BCUT2D eigenvalue weighted by Gasteiger charge is -2.07. The highest BCUT2D eigenvalue weighted by molar-refractivity contribution is 5.80. The van der Waals surface area contributed by atoms with Crippen LogP contribution >= 0.6 is 0 Å². The van der Waals surface area contributed by atoms with Gasteiger partial charge in [0.25, 0.3) is 5.91 Å². The van der Waals surface area contributed by atoms with Crippen LogP contribution in [0.25, 0.3) is 10.9 Å². The van der Waals surface area contributed by atoms with Crippen LogP contribution < -0.4 is 15.6 Å². The van der Waals surface area contributed by atoms with Crippen LogP contribution in [0.3, 0.4) is 0 Å². The van der Waals surface area contributed by atoms with Gasteiger partial charge in [-0.05, 0) is 24.3 Å². The zero-order valence-corrected chi connectivity index (χ0v) is 9.43. The number of carbonyl (C=O) groups is 1. The van der Waals surface area contributed by atoms with Gasteiger partial charge in [0.15, 0.2) is 6.61 Å². The van der Waals surface area contributed by atoms with Gasteiger partial charge >= 0.3 is 0 Å². The Hall–Kier alpha value is -2.14. The topological polar surface area (TPSA) is 63.2 Å². The van der Waals surface area contributed by atoms with Crippen molar-refractivity contribution in [2.45, 2.75) is 0 Å². The summed E-state index contributed by atoms with van der Waals surface area (Å²) in [6.45, 7) is -0.0212. The number of amides is 1. The third-order valence-corrected chi connectivity index (χ3v) is 2.21. The van der Waals surface area contributed by atoms with E-state index in [1.807, 2.05) is 24.3 Å². The van der Waals surface area contributed by atoms with E-state index in [0.717, 1.165) is 10.9 Å². The summed E-state index contributed by atoms with van der Waals surface area (Å²) in [5.74, 6) is 0.426. The van der Waals surface area contributed by atoms with Crippen molar-refractivity contribution in [2.24, 2.45) is 0 Å². The minimum atomic E-state index is -0.223. The van der Waals surface area contributed by atoms with E-state index >= 15 is 0 Å². The maximum atomic E-state index is 11.2. The van der Waals surface area contributed by atoms with Gasteiger partial charge in [-0.3, -0.25) is 15.2 Å². The number of pyridine rings is 1. The molecule has 2 aromatic rings. The zero-order chi connectivity index (χ0) is 12.1. The molecule has 0 aliphatic rings. The summed E-state index contributed by atoms with van der Waals surface area (Å²) in [5, 5.41) is 0.985. The van der Waals surface area contributed by atoms with Crippen molar-refractivity contribution in [2.75, 3.05) is 13.7 Å². The molecule has 1 heterocycles. The molecule has 88 valence electrons. The molecule has 1 amide bonds. The first kappa shape index (κ1) is 11.3. The van der Waals surface area contributed by atoms with Crippen LogP contribution in [0.1, 0.15) is 0 Å². The van der Waals surface area contributed by atoms with Crippen LogP contribution in [0.2, 0.25) is 0 Å². The SMILES string of the molecule is CNNC(=O)COc1ccc2ncccc2c1. The first-order valence-electron chi connectivity index (χ1n) is 5.23. The number of fused-ring (bicyclic) bond motifs is 1. The largest absolute Gasteiger partial charge is 0.484 e. The van der Waals surface area contributed by atoms with Gasteiger partial charge in [0.2, 0.25) is 0 Å². The quantitative estimate of drug-likeness (QED) is 0.766. The lowest BCUT2D eigenvalue weighted by atomic mass is 10.2. The predicted octanol–water partition coefficient (Wildman–Crippen LogP) is 0.864. The molecular formula is C12H13N3O2. The van der Waals surface area contributed by atoms with Crippen molar-refractivity contribution < 1.29 is 9.53 Å². The van der Waals surface area contributed by atoms with Crippen LogP contribution in [0.15, 0.2) is 36.5 Å². The number of benzene rings is 1. The molecular weight excluding hydrogens is 218 g/mol. The van der Waals surface area contributed by atoms with Gasteiger partial charge in [-0.15, -0.1) is 0 Å². The Morgan fingerprint density at radius 2 is 2.29 bits per heavy atom. The van der Waals surface area contributed by atoms with Crippen LogP contribution in [-0.2, 0) is 4.79 Å². The predicted molar refractivity (Wildman–Crippen MR) is 64.4 cm³/mol. The second kappa shape index (κ2) is 5.27. The molecule has 5 heteroatoms. The van der Waals surface area contributed by atoms with E-state index in [2.05, 4.69) is 15.8 Å². The average Bonchev–Trinajstić information content (AvgIpc) is 2.36. The Morgan fingerprint density at radius 1 is 1.41 bits per heavy atom. The fourth-order valence-electron chi connectivity index (χ4n) is 1.47. The third-order valence-electron chi connectivity index (χ3n) is 2.21. The standard InChI is InChI=1S/C12H13N3O2/c1-13-15-12(16)8-17-10-4-5-11-9(7-10)3-2-6-14-11/h2-7,13H,8H2,1H3,(H,15,16). The first-order chi connectivity index (χ1) is 8.29. The summed E-state index contributed by atoms with van der Waals surface area (Å²) in [5.41, 5.74) is 5.87. The summed E-state index contributed by atoms with van der Waals surface area (Å²) in [6, 6.07) is 9.32. The van der Waals surface area contributed by atoms with Crippen molar-refractivity contribution in [1.82, 2.24) is 15.8 Å². The summed E-state index contributed by atoms with van der Waals surface area (Å²) < 4.78 is 5.35. The number of rotatable bonds is 4. The smallest absolute Gasteiger partial charge is 0.271 e. The van der Waals surface area contributed by atoms with E-state index in [1.165, 1.54) is 0 Å². The monoisotopic (exact) mass is 231 g/mol. The molecule has 0 aliphatic heterocycles. The molecule has 5 nitrogen and oxygen atoms in total. The fourth-order valence-corrected chi connectivity index (χ4v) is 1.47. The Bertz CT molecular complexity index is 528. The van der Waals surface area contributed by atoms with E-state index < -0.39 is 0 Å². The normalized spacial score (nSPS) is 10.2. The molecule has 17 heavy (non-hydrogen) atoms. The van der Waals surface area contributed by atoms with Gasteiger partial charge in [0.1, 0.15) is 5.75 Å². The van der Waals surface area contributed by atoms with Crippen molar-refractivity contribution in [3.8, 4) is 5.75 Å². The van der Waals surface area contributed by atoms with Crippen LogP contribution in [-0.4, -0.2) is 24.5 Å². The Labute approximate surface area is 98.8 Å². The van der Waals surface area contributed by atoms with Gasteiger partial charge in [-0.1, -0.05) is 6.07 Å². The fraction of sp³-hybridized carbons (Fsp3) is 0.167. The Morgan fingerprint density at radius 3 is 3.12 bits per heavy atom. The van der Waals surface area contributed by atoms with E-state index in [-0.39, 0.29) is 12.5 Å². The molecule has 0 saturated carbocycles. The van der Waals surface area contributed by atoms with E-state index in [9.17, 15) is 4.79 Å². The molecule has 0 unspecified atom stereocenters. The number of ether oxygens (including phenoxy) is 1. The molecule has 2 N–H and O–H groups in total. The van der Waals surface area contributed by atoms with Gasteiger partial charge in [0, 0.05) is 18.6 Å². The number of nitrogens with one attached hydrogen (secondary N) is 2. The number of hydrazine groups is 1. The molecule has 0 radical (unpaired) electrons. The van der Waals surface area contributed by atoms with Crippen LogP contribution in [0.4, 0.5) is 0 Å². The number of hydrogen-bond donors (Lipinski definition) is 2. The molecule has 1 aromatic carbocycles.